The highest BCUT2D eigenvalue weighted by molar-refractivity contribution is 5.97. The Kier molecular flexibility index (Phi) is 5.55. The Morgan fingerprint density at radius 2 is 1.65 bits per heavy atom. The third-order valence-electron chi connectivity index (χ3n) is 6.61. The van der Waals surface area contributed by atoms with E-state index in [4.69, 9.17) is 0 Å². The first-order valence-electron chi connectivity index (χ1n) is 11.3. The van der Waals surface area contributed by atoms with Crippen LogP contribution in [-0.2, 0) is 6.54 Å². The first-order valence-corrected chi connectivity index (χ1v) is 11.3. The van der Waals surface area contributed by atoms with Crippen LogP contribution in [-0.4, -0.2) is 51.6 Å². The van der Waals surface area contributed by atoms with E-state index in [2.05, 4.69) is 48.8 Å². The molecule has 0 bridgehead atoms. The van der Waals surface area contributed by atoms with Crippen molar-refractivity contribution in [3.8, 4) is 5.69 Å². The molecule has 0 saturated carbocycles. The van der Waals surface area contributed by atoms with E-state index in [1.165, 1.54) is 11.4 Å². The Morgan fingerprint density at radius 1 is 0.935 bits per heavy atom. The number of piperidine rings is 1. The highest BCUT2D eigenvalue weighted by Gasteiger charge is 2.27. The van der Waals surface area contributed by atoms with Crippen molar-refractivity contribution in [3.05, 3.63) is 71.8 Å². The zero-order valence-corrected chi connectivity index (χ0v) is 18.1. The molecule has 2 aromatic carbocycles. The van der Waals surface area contributed by atoms with Crippen molar-refractivity contribution in [1.29, 1.82) is 0 Å². The average molecular weight is 416 g/mol. The molecular weight excluding hydrogens is 386 g/mol. The molecule has 0 N–H and O–H groups in total. The molecule has 1 fully saturated rings. The van der Waals surface area contributed by atoms with Crippen LogP contribution in [0, 0.1) is 12.8 Å². The maximum absolute atomic E-state index is 12.7. The number of ketones is 1. The minimum atomic E-state index is 0.169. The molecule has 0 atom stereocenters. The van der Waals surface area contributed by atoms with Crippen molar-refractivity contribution in [2.24, 2.45) is 5.92 Å². The molecule has 31 heavy (non-hydrogen) atoms. The number of aromatic nitrogens is 3. The topological polar surface area (TPSA) is 54.3 Å². The largest absolute Gasteiger partial charge is 0.362 e. The van der Waals surface area contributed by atoms with Crippen molar-refractivity contribution in [3.63, 3.8) is 0 Å². The smallest absolute Gasteiger partial charge is 0.166 e. The van der Waals surface area contributed by atoms with Crippen molar-refractivity contribution in [2.75, 3.05) is 31.1 Å². The number of carbonyl (C=O) groups excluding carboxylic acids is 1. The van der Waals surface area contributed by atoms with Gasteiger partial charge in [0.1, 0.15) is 5.82 Å². The van der Waals surface area contributed by atoms with Crippen LogP contribution in [0.1, 0.15) is 41.3 Å². The quantitative estimate of drug-likeness (QED) is 0.572. The zero-order valence-electron chi connectivity index (χ0n) is 18.1. The summed E-state index contributed by atoms with van der Waals surface area (Å²) in [7, 11) is 0. The second-order valence-electron chi connectivity index (χ2n) is 8.61. The normalized spacial score (nSPS) is 16.7. The second-order valence-corrected chi connectivity index (χ2v) is 8.61. The van der Waals surface area contributed by atoms with E-state index >= 15 is 0 Å². The van der Waals surface area contributed by atoms with Gasteiger partial charge in [0.15, 0.2) is 11.6 Å². The highest BCUT2D eigenvalue weighted by Crippen LogP contribution is 2.32. The van der Waals surface area contributed by atoms with Crippen molar-refractivity contribution < 1.29 is 4.79 Å². The van der Waals surface area contributed by atoms with E-state index in [9.17, 15) is 4.79 Å². The lowest BCUT2D eigenvalue weighted by Crippen LogP contribution is -2.38. The molecule has 0 spiro atoms. The Balaban J connectivity index is 1.15. The molecule has 1 aromatic heterocycles. The third kappa shape index (κ3) is 4.00. The number of Topliss-reactive ketones (excluding diaryl/α,β-unsaturated/α-hetero) is 1. The number of para-hydroxylation sites is 2. The van der Waals surface area contributed by atoms with Crippen LogP contribution in [0.5, 0.6) is 0 Å². The van der Waals surface area contributed by atoms with Gasteiger partial charge < -0.3 is 9.80 Å². The fourth-order valence-electron chi connectivity index (χ4n) is 4.94. The molecule has 6 nitrogen and oxygen atoms in total. The van der Waals surface area contributed by atoms with Gasteiger partial charge in [0, 0.05) is 18.0 Å². The second kappa shape index (κ2) is 8.63. The Hall–Kier alpha value is -2.99. The number of nitrogens with zero attached hydrogens (tertiary/aromatic N) is 5. The standard InChI is InChI=1S/C25H29N5O/c1-19-26-27-24-18-29(22-10-5-6-11-23(22)30(19)24)15-7-14-28-16-12-21(13-17-28)25(31)20-8-3-2-4-9-20/h2-6,8-11,21H,7,12-18H2,1H3. The summed E-state index contributed by atoms with van der Waals surface area (Å²) < 4.78 is 2.17. The van der Waals surface area contributed by atoms with Crippen LogP contribution in [0.15, 0.2) is 54.6 Å². The Labute approximate surface area is 183 Å². The predicted octanol–water partition coefficient (Wildman–Crippen LogP) is 3.88. The summed E-state index contributed by atoms with van der Waals surface area (Å²) >= 11 is 0. The number of rotatable bonds is 6. The lowest BCUT2D eigenvalue weighted by Gasteiger charge is -2.34. The maximum Gasteiger partial charge on any atom is 0.166 e. The Morgan fingerprint density at radius 3 is 2.42 bits per heavy atom. The van der Waals surface area contributed by atoms with Gasteiger partial charge in [-0.2, -0.15) is 0 Å². The summed E-state index contributed by atoms with van der Waals surface area (Å²) in [6, 6.07) is 18.3. The molecule has 5 rings (SSSR count). The number of fused-ring (bicyclic) bond motifs is 3. The van der Waals surface area contributed by atoms with Gasteiger partial charge in [-0.1, -0.05) is 42.5 Å². The van der Waals surface area contributed by atoms with Crippen LogP contribution in [0.4, 0.5) is 5.69 Å². The summed E-state index contributed by atoms with van der Waals surface area (Å²) in [5.41, 5.74) is 3.28. The predicted molar refractivity (Wildman–Crippen MR) is 122 cm³/mol. The van der Waals surface area contributed by atoms with Crippen LogP contribution in [0.25, 0.3) is 5.69 Å². The lowest BCUT2D eigenvalue weighted by atomic mass is 9.89. The van der Waals surface area contributed by atoms with Gasteiger partial charge in [0.25, 0.3) is 0 Å². The number of benzene rings is 2. The molecule has 0 aliphatic carbocycles. The first-order chi connectivity index (χ1) is 15.2. The number of anilines is 1. The van der Waals surface area contributed by atoms with Crippen molar-refractivity contribution in [1.82, 2.24) is 19.7 Å². The van der Waals surface area contributed by atoms with Gasteiger partial charge in [-0.3, -0.25) is 9.36 Å². The lowest BCUT2D eigenvalue weighted by molar-refractivity contribution is 0.0840. The van der Waals surface area contributed by atoms with E-state index < -0.39 is 0 Å². The van der Waals surface area contributed by atoms with Crippen LogP contribution in [0.3, 0.4) is 0 Å². The minimum Gasteiger partial charge on any atom is -0.362 e. The van der Waals surface area contributed by atoms with Gasteiger partial charge in [-0.25, -0.2) is 0 Å². The molecule has 0 amide bonds. The molecule has 1 saturated heterocycles. The maximum atomic E-state index is 12.7. The van der Waals surface area contributed by atoms with Crippen LogP contribution < -0.4 is 4.90 Å². The van der Waals surface area contributed by atoms with Crippen LogP contribution >= 0.6 is 0 Å². The van der Waals surface area contributed by atoms with Gasteiger partial charge >= 0.3 is 0 Å². The summed E-state index contributed by atoms with van der Waals surface area (Å²) in [6.07, 6.45) is 3.02. The third-order valence-corrected chi connectivity index (χ3v) is 6.61. The molecule has 160 valence electrons. The molecule has 2 aliphatic heterocycles. The van der Waals surface area contributed by atoms with Gasteiger partial charge in [-0.15, -0.1) is 10.2 Å². The van der Waals surface area contributed by atoms with E-state index in [0.717, 1.165) is 69.2 Å². The Bertz CT molecular complexity index is 1050. The van der Waals surface area contributed by atoms with E-state index in [-0.39, 0.29) is 5.92 Å². The molecule has 6 heteroatoms. The number of likely N-dealkylation sites (tertiary alicyclic amines) is 1. The van der Waals surface area contributed by atoms with Gasteiger partial charge in [0.2, 0.25) is 0 Å². The van der Waals surface area contributed by atoms with Crippen LogP contribution in [0.2, 0.25) is 0 Å². The highest BCUT2D eigenvalue weighted by atomic mass is 16.1. The summed E-state index contributed by atoms with van der Waals surface area (Å²) in [5, 5.41) is 8.66. The van der Waals surface area contributed by atoms with E-state index in [1.807, 2.05) is 37.3 Å². The number of hydrogen-bond donors (Lipinski definition) is 0. The first kappa shape index (κ1) is 19.9. The fraction of sp³-hybridized carbons (Fsp3) is 0.400. The molecule has 0 unspecified atom stereocenters. The van der Waals surface area contributed by atoms with E-state index in [0.29, 0.717) is 5.78 Å². The molecule has 3 heterocycles. The van der Waals surface area contributed by atoms with Crippen molar-refractivity contribution >= 4 is 11.5 Å². The number of aryl methyl sites for hydroxylation is 1. The monoisotopic (exact) mass is 415 g/mol. The van der Waals surface area contributed by atoms with Gasteiger partial charge in [0.05, 0.1) is 17.9 Å². The van der Waals surface area contributed by atoms with Gasteiger partial charge in [-0.05, 0) is 58.0 Å². The summed E-state index contributed by atoms with van der Waals surface area (Å²) in [5.74, 6) is 2.43. The molecule has 0 radical (unpaired) electrons. The number of carbonyl (C=O) groups is 1. The molecule has 2 aliphatic rings. The number of hydrogen-bond acceptors (Lipinski definition) is 5. The van der Waals surface area contributed by atoms with E-state index in [1.54, 1.807) is 0 Å². The molecular formula is C25H29N5O. The fourth-order valence-corrected chi connectivity index (χ4v) is 4.94. The summed E-state index contributed by atoms with van der Waals surface area (Å²) in [4.78, 5) is 17.6. The molecule has 3 aromatic rings. The average Bonchev–Trinajstić information content (AvgIpc) is 3.20. The minimum absolute atomic E-state index is 0.169. The zero-order chi connectivity index (χ0) is 21.2. The van der Waals surface area contributed by atoms with Crippen molar-refractivity contribution in [2.45, 2.75) is 32.7 Å². The SMILES string of the molecule is Cc1nnc2n1-c1ccccc1N(CCCN1CCC(C(=O)c3ccccc3)CC1)C2. The summed E-state index contributed by atoms with van der Waals surface area (Å²) in [6.45, 7) is 6.88.